The van der Waals surface area contributed by atoms with Gasteiger partial charge >= 0.3 is 6.09 Å². The summed E-state index contributed by atoms with van der Waals surface area (Å²) in [5.41, 5.74) is -0.0913. The predicted octanol–water partition coefficient (Wildman–Crippen LogP) is 2.16. The molecule has 9 nitrogen and oxygen atoms in total. The second-order valence-corrected chi connectivity index (χ2v) is 11.3. The number of carbonyl (C=O) groups excluding carboxylic acids is 1. The quantitative estimate of drug-likeness (QED) is 0.583. The Morgan fingerprint density at radius 2 is 2.09 bits per heavy atom. The Labute approximate surface area is 192 Å². The van der Waals surface area contributed by atoms with Crippen molar-refractivity contribution in [3.8, 4) is 0 Å². The highest BCUT2D eigenvalue weighted by Crippen LogP contribution is 2.61. The highest BCUT2D eigenvalue weighted by Gasteiger charge is 2.60. The summed E-state index contributed by atoms with van der Waals surface area (Å²) in [6, 6.07) is -1.22. The zero-order valence-corrected chi connectivity index (χ0v) is 19.6. The molecule has 1 aromatic rings. The molecule has 2 aliphatic carbocycles. The Balaban J connectivity index is 1.40. The molecule has 32 heavy (non-hydrogen) atoms. The third-order valence-corrected chi connectivity index (χ3v) is 8.82. The van der Waals surface area contributed by atoms with E-state index in [1.165, 1.54) is 24.4 Å². The Hall–Kier alpha value is -1.56. The SMILES string of the molecule is COC(=O)N1[C@H](C)C[C@H](NS(=O)(=O)CCl)[C@@H]1CO[C@H]1CC[C@@]2(c3ncc(F)cn3)C[C@H]2C1. The molecular formula is C20H28ClFN4O5S. The number of amides is 1. The number of aromatic nitrogens is 2. The minimum absolute atomic E-state index is 0.0169. The molecule has 1 aromatic heterocycles. The van der Waals surface area contributed by atoms with E-state index < -0.39 is 39.2 Å². The minimum atomic E-state index is -3.66. The van der Waals surface area contributed by atoms with Crippen molar-refractivity contribution in [3.05, 3.63) is 24.0 Å². The monoisotopic (exact) mass is 490 g/mol. The summed E-state index contributed by atoms with van der Waals surface area (Å²) in [6.45, 7) is 2.03. The molecule has 1 amide bonds. The molecule has 6 atom stereocenters. The van der Waals surface area contributed by atoms with Crippen LogP contribution in [0.15, 0.2) is 12.4 Å². The summed E-state index contributed by atoms with van der Waals surface area (Å²) >= 11 is 5.56. The number of fused-ring (bicyclic) bond motifs is 1. The van der Waals surface area contributed by atoms with Gasteiger partial charge in [-0.25, -0.2) is 32.3 Å². The lowest BCUT2D eigenvalue weighted by Gasteiger charge is -2.32. The fourth-order valence-corrected chi connectivity index (χ4v) is 6.32. The zero-order chi connectivity index (χ0) is 23.1. The van der Waals surface area contributed by atoms with E-state index >= 15 is 0 Å². The molecule has 1 N–H and O–H groups in total. The lowest BCUT2D eigenvalue weighted by Crippen LogP contribution is -2.50. The number of halogens is 2. The number of nitrogens with zero attached hydrogens (tertiary/aromatic N) is 3. The first-order chi connectivity index (χ1) is 15.2. The number of methoxy groups -OCH3 is 1. The van der Waals surface area contributed by atoms with Crippen LogP contribution in [0, 0.1) is 11.7 Å². The van der Waals surface area contributed by atoms with Gasteiger partial charge in [0.25, 0.3) is 0 Å². The van der Waals surface area contributed by atoms with Gasteiger partial charge in [-0.2, -0.15) is 0 Å². The van der Waals surface area contributed by atoms with Crippen LogP contribution in [0.25, 0.3) is 0 Å². The highest BCUT2D eigenvalue weighted by atomic mass is 35.5. The van der Waals surface area contributed by atoms with E-state index in [1.54, 1.807) is 0 Å². The molecule has 3 fully saturated rings. The van der Waals surface area contributed by atoms with Gasteiger partial charge < -0.3 is 9.47 Å². The minimum Gasteiger partial charge on any atom is -0.453 e. The Bertz CT molecular complexity index is 952. The van der Waals surface area contributed by atoms with Crippen LogP contribution >= 0.6 is 11.6 Å². The van der Waals surface area contributed by atoms with Gasteiger partial charge in [0.2, 0.25) is 10.0 Å². The summed E-state index contributed by atoms with van der Waals surface area (Å²) < 4.78 is 51.0. The molecule has 0 bridgehead atoms. The Morgan fingerprint density at radius 1 is 1.38 bits per heavy atom. The molecule has 3 aliphatic rings. The van der Waals surface area contributed by atoms with Crippen LogP contribution in [-0.4, -0.2) is 72.5 Å². The normalized spacial score (nSPS) is 34.2. The number of sulfonamides is 1. The molecule has 0 radical (unpaired) electrons. The number of hydrogen-bond acceptors (Lipinski definition) is 7. The van der Waals surface area contributed by atoms with E-state index in [2.05, 4.69) is 14.7 Å². The highest BCUT2D eigenvalue weighted by molar-refractivity contribution is 7.90. The van der Waals surface area contributed by atoms with E-state index in [0.29, 0.717) is 18.2 Å². The average molecular weight is 491 g/mol. The lowest BCUT2D eigenvalue weighted by atomic mass is 9.86. The van der Waals surface area contributed by atoms with E-state index in [-0.39, 0.29) is 24.2 Å². The second kappa shape index (κ2) is 9.00. The van der Waals surface area contributed by atoms with Gasteiger partial charge in [0, 0.05) is 17.5 Å². The largest absolute Gasteiger partial charge is 0.453 e. The van der Waals surface area contributed by atoms with Crippen molar-refractivity contribution in [2.24, 2.45) is 5.92 Å². The maximum absolute atomic E-state index is 13.2. The summed E-state index contributed by atoms with van der Waals surface area (Å²) in [7, 11) is -2.36. The average Bonchev–Trinajstić information content (AvgIpc) is 3.42. The first-order valence-electron chi connectivity index (χ1n) is 10.7. The number of nitrogens with one attached hydrogen (secondary N) is 1. The number of alkyl halides is 1. The maximum atomic E-state index is 13.2. The molecule has 0 aromatic carbocycles. The smallest absolute Gasteiger partial charge is 0.410 e. The molecule has 0 unspecified atom stereocenters. The van der Waals surface area contributed by atoms with Crippen LogP contribution in [-0.2, 0) is 24.9 Å². The number of carbonyl (C=O) groups is 1. The van der Waals surface area contributed by atoms with Gasteiger partial charge in [-0.1, -0.05) is 0 Å². The van der Waals surface area contributed by atoms with E-state index in [9.17, 15) is 17.6 Å². The first-order valence-corrected chi connectivity index (χ1v) is 12.9. The number of hydrogen-bond donors (Lipinski definition) is 1. The Morgan fingerprint density at radius 3 is 2.72 bits per heavy atom. The van der Waals surface area contributed by atoms with Crippen molar-refractivity contribution >= 4 is 27.7 Å². The van der Waals surface area contributed by atoms with E-state index in [4.69, 9.17) is 21.1 Å². The first kappa shape index (κ1) is 23.6. The second-order valence-electron chi connectivity index (χ2n) is 8.99. The molecule has 2 saturated carbocycles. The molecule has 0 spiro atoms. The predicted molar refractivity (Wildman–Crippen MR) is 114 cm³/mol. The van der Waals surface area contributed by atoms with Crippen LogP contribution in [0.1, 0.15) is 44.9 Å². The van der Waals surface area contributed by atoms with Crippen LogP contribution in [0.4, 0.5) is 9.18 Å². The third kappa shape index (κ3) is 4.57. The van der Waals surface area contributed by atoms with Gasteiger partial charge in [-0.05, 0) is 44.9 Å². The maximum Gasteiger partial charge on any atom is 0.410 e. The van der Waals surface area contributed by atoms with Gasteiger partial charge in [-0.3, -0.25) is 4.90 Å². The van der Waals surface area contributed by atoms with E-state index in [1.807, 2.05) is 6.92 Å². The van der Waals surface area contributed by atoms with Crippen molar-refractivity contribution in [2.75, 3.05) is 18.9 Å². The molecule has 1 saturated heterocycles. The van der Waals surface area contributed by atoms with Crippen molar-refractivity contribution < 1.29 is 27.1 Å². The molecular weight excluding hydrogens is 463 g/mol. The fourth-order valence-electron chi connectivity index (χ4n) is 5.36. The third-order valence-electron chi connectivity index (χ3n) is 7.01. The molecule has 178 valence electrons. The Kier molecular flexibility index (Phi) is 6.63. The van der Waals surface area contributed by atoms with Crippen LogP contribution in [0.2, 0.25) is 0 Å². The standard InChI is InChI=1S/C20H28ClFN4O5S/c1-12-5-16(25-32(28,29)11-21)17(26(12)19(27)30-2)10-31-15-3-4-20(7-13(20)6-15)18-23-8-14(22)9-24-18/h8-9,12-13,15-17,25H,3-7,10-11H2,1-2H3/t12-,13-,15+,16+,17+,20-/m1/s1. The summed E-state index contributed by atoms with van der Waals surface area (Å²) in [6.07, 6.45) is 5.73. The molecule has 1 aliphatic heterocycles. The van der Waals surface area contributed by atoms with Crippen LogP contribution < -0.4 is 4.72 Å². The zero-order valence-electron chi connectivity index (χ0n) is 18.0. The van der Waals surface area contributed by atoms with Crippen molar-refractivity contribution in [1.29, 1.82) is 0 Å². The van der Waals surface area contributed by atoms with Crippen LogP contribution in [0.3, 0.4) is 0 Å². The van der Waals surface area contributed by atoms with Crippen molar-refractivity contribution in [1.82, 2.24) is 19.6 Å². The van der Waals surface area contributed by atoms with Crippen molar-refractivity contribution in [2.45, 2.75) is 68.7 Å². The number of likely N-dealkylation sites (tertiary alicyclic amines) is 1. The van der Waals surface area contributed by atoms with Gasteiger partial charge in [0.05, 0.1) is 38.3 Å². The van der Waals surface area contributed by atoms with Crippen LogP contribution in [0.5, 0.6) is 0 Å². The summed E-state index contributed by atoms with van der Waals surface area (Å²) in [5, 5.41) is -0.554. The summed E-state index contributed by atoms with van der Waals surface area (Å²) in [5.74, 6) is 0.621. The summed E-state index contributed by atoms with van der Waals surface area (Å²) in [4.78, 5) is 22.3. The van der Waals surface area contributed by atoms with Gasteiger partial charge in [-0.15, -0.1) is 11.6 Å². The number of rotatable bonds is 7. The topological polar surface area (TPSA) is 111 Å². The lowest BCUT2D eigenvalue weighted by molar-refractivity contribution is -0.0103. The van der Waals surface area contributed by atoms with Gasteiger partial charge in [0.15, 0.2) is 5.82 Å². The molecule has 12 heteroatoms. The number of ether oxygens (including phenoxy) is 2. The molecule has 2 heterocycles. The fraction of sp³-hybridized carbons (Fsp3) is 0.750. The van der Waals surface area contributed by atoms with Crippen molar-refractivity contribution in [3.63, 3.8) is 0 Å². The van der Waals surface area contributed by atoms with Gasteiger partial charge in [0.1, 0.15) is 11.0 Å². The van der Waals surface area contributed by atoms with E-state index in [0.717, 1.165) is 25.7 Å². The molecule has 4 rings (SSSR count).